The molecule has 1 aromatic heterocycles. The van der Waals surface area contributed by atoms with Crippen LogP contribution in [0.1, 0.15) is 26.3 Å². The van der Waals surface area contributed by atoms with Gasteiger partial charge in [0, 0.05) is 11.6 Å². The SMILES string of the molecule is Cc1ccccc1-c1cc(OCCNC(=O)OC(C)(C)C)no1. The van der Waals surface area contributed by atoms with Crippen molar-refractivity contribution in [1.29, 1.82) is 0 Å². The van der Waals surface area contributed by atoms with Crippen molar-refractivity contribution in [2.45, 2.75) is 33.3 Å². The van der Waals surface area contributed by atoms with Crippen LogP contribution in [0.5, 0.6) is 5.88 Å². The van der Waals surface area contributed by atoms with Crippen molar-refractivity contribution in [2.24, 2.45) is 0 Å². The summed E-state index contributed by atoms with van der Waals surface area (Å²) in [6.07, 6.45) is -0.471. The molecule has 0 aliphatic rings. The predicted octanol–water partition coefficient (Wildman–Crippen LogP) is 3.55. The molecule has 0 unspecified atom stereocenters. The number of carbonyl (C=O) groups excluding carboxylic acids is 1. The third-order valence-electron chi connectivity index (χ3n) is 2.92. The second-order valence-electron chi connectivity index (χ2n) is 6.12. The summed E-state index contributed by atoms with van der Waals surface area (Å²) in [6.45, 7) is 8.03. The minimum absolute atomic E-state index is 0.277. The zero-order chi connectivity index (χ0) is 16.9. The Bertz CT molecular complexity index is 659. The summed E-state index contributed by atoms with van der Waals surface area (Å²) in [6, 6.07) is 9.60. The van der Waals surface area contributed by atoms with Gasteiger partial charge in [-0.1, -0.05) is 24.3 Å². The molecule has 0 fully saturated rings. The Morgan fingerprint density at radius 1 is 1.30 bits per heavy atom. The summed E-state index contributed by atoms with van der Waals surface area (Å²) >= 11 is 0. The molecule has 0 saturated carbocycles. The van der Waals surface area contributed by atoms with Crippen LogP contribution < -0.4 is 10.1 Å². The molecule has 6 nitrogen and oxygen atoms in total. The molecule has 1 N–H and O–H groups in total. The van der Waals surface area contributed by atoms with E-state index in [0.717, 1.165) is 11.1 Å². The second-order valence-corrected chi connectivity index (χ2v) is 6.12. The predicted molar refractivity (Wildman–Crippen MR) is 86.4 cm³/mol. The lowest BCUT2D eigenvalue weighted by molar-refractivity contribution is 0.0519. The van der Waals surface area contributed by atoms with Gasteiger partial charge < -0.3 is 19.3 Å². The molecule has 2 aromatic rings. The molecule has 0 aliphatic carbocycles. The Labute approximate surface area is 135 Å². The highest BCUT2D eigenvalue weighted by atomic mass is 16.6. The maximum Gasteiger partial charge on any atom is 0.407 e. The standard InChI is InChI=1S/C17H22N2O4/c1-12-7-5-6-8-13(12)14-11-15(19-23-14)21-10-9-18-16(20)22-17(2,3)4/h5-8,11H,9-10H2,1-4H3,(H,18,20). The zero-order valence-electron chi connectivity index (χ0n) is 13.9. The number of nitrogens with one attached hydrogen (secondary N) is 1. The van der Waals surface area contributed by atoms with Crippen LogP contribution >= 0.6 is 0 Å². The van der Waals surface area contributed by atoms with Crippen molar-refractivity contribution in [3.8, 4) is 17.2 Å². The molecule has 1 heterocycles. The fourth-order valence-corrected chi connectivity index (χ4v) is 1.93. The number of hydrogen-bond donors (Lipinski definition) is 1. The molecular formula is C17H22N2O4. The highest BCUT2D eigenvalue weighted by Crippen LogP contribution is 2.26. The van der Waals surface area contributed by atoms with Crippen LogP contribution in [0.2, 0.25) is 0 Å². The normalized spacial score (nSPS) is 11.1. The van der Waals surface area contributed by atoms with E-state index in [-0.39, 0.29) is 6.61 Å². The molecule has 0 radical (unpaired) electrons. The van der Waals surface area contributed by atoms with E-state index in [1.54, 1.807) is 6.07 Å². The Morgan fingerprint density at radius 3 is 2.74 bits per heavy atom. The van der Waals surface area contributed by atoms with Gasteiger partial charge in [0.15, 0.2) is 5.76 Å². The minimum atomic E-state index is -0.514. The quantitative estimate of drug-likeness (QED) is 0.853. The number of amides is 1. The van der Waals surface area contributed by atoms with E-state index < -0.39 is 11.7 Å². The Hall–Kier alpha value is -2.50. The van der Waals surface area contributed by atoms with Crippen molar-refractivity contribution in [1.82, 2.24) is 10.5 Å². The summed E-state index contributed by atoms with van der Waals surface area (Å²) < 4.78 is 15.9. The van der Waals surface area contributed by atoms with E-state index >= 15 is 0 Å². The van der Waals surface area contributed by atoms with Crippen LogP contribution in [0.4, 0.5) is 4.79 Å². The summed E-state index contributed by atoms with van der Waals surface area (Å²) in [4.78, 5) is 11.5. The number of ether oxygens (including phenoxy) is 2. The van der Waals surface area contributed by atoms with Crippen LogP contribution in [0, 0.1) is 6.92 Å². The number of rotatable bonds is 5. The van der Waals surface area contributed by atoms with Crippen LogP contribution in [0.15, 0.2) is 34.9 Å². The van der Waals surface area contributed by atoms with E-state index in [1.807, 2.05) is 52.0 Å². The molecule has 124 valence electrons. The summed E-state index contributed by atoms with van der Waals surface area (Å²) in [5.41, 5.74) is 1.56. The molecular weight excluding hydrogens is 296 g/mol. The summed E-state index contributed by atoms with van der Waals surface area (Å²) in [7, 11) is 0. The molecule has 0 aliphatic heterocycles. The average molecular weight is 318 g/mol. The van der Waals surface area contributed by atoms with Gasteiger partial charge in [-0.05, 0) is 38.4 Å². The maximum atomic E-state index is 11.5. The molecule has 6 heteroatoms. The molecule has 0 spiro atoms. The first-order valence-corrected chi connectivity index (χ1v) is 7.47. The number of carbonyl (C=O) groups is 1. The molecule has 0 atom stereocenters. The van der Waals surface area contributed by atoms with Crippen LogP contribution in [-0.2, 0) is 4.74 Å². The van der Waals surface area contributed by atoms with E-state index in [9.17, 15) is 4.79 Å². The van der Waals surface area contributed by atoms with Gasteiger partial charge in [-0.25, -0.2) is 4.79 Å². The van der Waals surface area contributed by atoms with Crippen molar-refractivity contribution in [3.05, 3.63) is 35.9 Å². The van der Waals surface area contributed by atoms with Crippen molar-refractivity contribution >= 4 is 6.09 Å². The van der Waals surface area contributed by atoms with Crippen molar-refractivity contribution in [3.63, 3.8) is 0 Å². The monoisotopic (exact) mass is 318 g/mol. The first kappa shape index (κ1) is 16.9. The Kier molecular flexibility index (Phi) is 5.26. The average Bonchev–Trinajstić information content (AvgIpc) is 2.91. The van der Waals surface area contributed by atoms with E-state index in [0.29, 0.717) is 18.2 Å². The molecule has 1 aromatic carbocycles. The van der Waals surface area contributed by atoms with Crippen molar-refractivity contribution < 1.29 is 18.8 Å². The summed E-state index contributed by atoms with van der Waals surface area (Å²) in [5.74, 6) is 1.03. The third-order valence-corrected chi connectivity index (χ3v) is 2.92. The van der Waals surface area contributed by atoms with Crippen LogP contribution in [-0.4, -0.2) is 30.0 Å². The molecule has 2 rings (SSSR count). The zero-order valence-corrected chi connectivity index (χ0v) is 13.9. The van der Waals surface area contributed by atoms with Gasteiger partial charge in [0.25, 0.3) is 5.88 Å². The van der Waals surface area contributed by atoms with Crippen molar-refractivity contribution in [2.75, 3.05) is 13.2 Å². The van der Waals surface area contributed by atoms with Gasteiger partial charge >= 0.3 is 6.09 Å². The number of nitrogens with zero attached hydrogens (tertiary/aromatic N) is 1. The lowest BCUT2D eigenvalue weighted by Gasteiger charge is -2.19. The number of aryl methyl sites for hydroxylation is 1. The third kappa shape index (κ3) is 5.32. The second kappa shape index (κ2) is 7.17. The lowest BCUT2D eigenvalue weighted by atomic mass is 10.1. The smallest absolute Gasteiger partial charge is 0.407 e. The van der Waals surface area contributed by atoms with E-state index in [1.165, 1.54) is 0 Å². The van der Waals surface area contributed by atoms with Gasteiger partial charge in [0.1, 0.15) is 12.2 Å². The maximum absolute atomic E-state index is 11.5. The molecule has 0 bridgehead atoms. The van der Waals surface area contributed by atoms with Crippen LogP contribution in [0.3, 0.4) is 0 Å². The van der Waals surface area contributed by atoms with Gasteiger partial charge in [0.05, 0.1) is 6.54 Å². The first-order chi connectivity index (χ1) is 10.8. The van der Waals surface area contributed by atoms with Gasteiger partial charge in [0.2, 0.25) is 0 Å². The van der Waals surface area contributed by atoms with E-state index in [4.69, 9.17) is 14.0 Å². The number of alkyl carbamates (subject to hydrolysis) is 1. The number of hydrogen-bond acceptors (Lipinski definition) is 5. The fourth-order valence-electron chi connectivity index (χ4n) is 1.93. The minimum Gasteiger partial charge on any atom is -0.474 e. The molecule has 0 saturated heterocycles. The number of aromatic nitrogens is 1. The molecule has 1 amide bonds. The topological polar surface area (TPSA) is 73.6 Å². The van der Waals surface area contributed by atoms with Gasteiger partial charge in [-0.3, -0.25) is 0 Å². The van der Waals surface area contributed by atoms with Gasteiger partial charge in [-0.15, -0.1) is 0 Å². The van der Waals surface area contributed by atoms with Crippen LogP contribution in [0.25, 0.3) is 11.3 Å². The highest BCUT2D eigenvalue weighted by molar-refractivity contribution is 5.67. The summed E-state index contributed by atoms with van der Waals surface area (Å²) in [5, 5.41) is 6.48. The lowest BCUT2D eigenvalue weighted by Crippen LogP contribution is -2.34. The molecule has 23 heavy (non-hydrogen) atoms. The first-order valence-electron chi connectivity index (χ1n) is 7.47. The Morgan fingerprint density at radius 2 is 2.04 bits per heavy atom. The van der Waals surface area contributed by atoms with Gasteiger partial charge in [-0.2, -0.15) is 0 Å². The fraction of sp³-hybridized carbons (Fsp3) is 0.412. The van der Waals surface area contributed by atoms with E-state index in [2.05, 4.69) is 10.5 Å². The highest BCUT2D eigenvalue weighted by Gasteiger charge is 2.15. The number of benzene rings is 1. The Balaban J connectivity index is 1.80. The largest absolute Gasteiger partial charge is 0.474 e.